The van der Waals surface area contributed by atoms with Crippen LogP contribution in [0.3, 0.4) is 0 Å². The summed E-state index contributed by atoms with van der Waals surface area (Å²) in [5, 5.41) is 6.23. The van der Waals surface area contributed by atoms with E-state index in [1.54, 1.807) is 12.4 Å². The van der Waals surface area contributed by atoms with Gasteiger partial charge in [-0.2, -0.15) is 0 Å². The molecule has 0 amide bonds. The second-order valence-electron chi connectivity index (χ2n) is 6.61. The largest absolute Gasteiger partial charge is 0.454 e. The minimum Gasteiger partial charge on any atom is -0.454 e. The molecular weight excluding hydrogens is 376 g/mol. The normalized spacial score (nSPS) is 13.6. The van der Waals surface area contributed by atoms with E-state index >= 15 is 0 Å². The highest BCUT2D eigenvalue weighted by Gasteiger charge is 2.21. The number of imidazole rings is 1. The fourth-order valence-corrected chi connectivity index (χ4v) is 3.55. The Morgan fingerprint density at radius 1 is 1.04 bits per heavy atom. The number of nitrogens with zero attached hydrogens (tertiary/aromatic N) is 3. The number of rotatable bonds is 4. The highest BCUT2D eigenvalue weighted by Crippen LogP contribution is 2.38. The monoisotopic (exact) mass is 392 g/mol. The van der Waals surface area contributed by atoms with E-state index in [0.717, 1.165) is 39.5 Å². The highest BCUT2D eigenvalue weighted by molar-refractivity contribution is 6.30. The van der Waals surface area contributed by atoms with Gasteiger partial charge in [-0.1, -0.05) is 23.7 Å². The molecule has 28 heavy (non-hydrogen) atoms. The Morgan fingerprint density at radius 2 is 1.82 bits per heavy atom. The maximum atomic E-state index is 6.09. The van der Waals surface area contributed by atoms with Gasteiger partial charge in [0.05, 0.1) is 0 Å². The number of ether oxygens (including phenoxy) is 2. The summed E-state index contributed by atoms with van der Waals surface area (Å²) in [5.41, 5.74) is 1.04. The summed E-state index contributed by atoms with van der Waals surface area (Å²) < 4.78 is 13.0. The van der Waals surface area contributed by atoms with Crippen LogP contribution in [0.25, 0.3) is 10.8 Å². The molecule has 0 saturated heterocycles. The van der Waals surface area contributed by atoms with Crippen LogP contribution in [0.4, 0.5) is 5.82 Å². The van der Waals surface area contributed by atoms with E-state index in [4.69, 9.17) is 21.1 Å². The number of pyridine rings is 1. The fourth-order valence-electron chi connectivity index (χ4n) is 3.42. The van der Waals surface area contributed by atoms with Gasteiger partial charge in [0.2, 0.25) is 6.79 Å². The maximum Gasteiger partial charge on any atom is 0.231 e. The number of nitrogens with one attached hydrogen (secondary N) is 1. The van der Waals surface area contributed by atoms with Crippen LogP contribution in [-0.2, 0) is 7.05 Å². The maximum absolute atomic E-state index is 6.09. The van der Waals surface area contributed by atoms with Crippen molar-refractivity contribution in [2.45, 2.75) is 6.04 Å². The van der Waals surface area contributed by atoms with Crippen molar-refractivity contribution in [3.8, 4) is 11.5 Å². The molecule has 140 valence electrons. The predicted molar refractivity (Wildman–Crippen MR) is 108 cm³/mol. The van der Waals surface area contributed by atoms with Gasteiger partial charge in [0.25, 0.3) is 0 Å². The molecule has 0 aliphatic carbocycles. The number of aryl methyl sites for hydroxylation is 1. The topological polar surface area (TPSA) is 61.2 Å². The van der Waals surface area contributed by atoms with Crippen LogP contribution in [0.1, 0.15) is 17.4 Å². The van der Waals surface area contributed by atoms with Crippen LogP contribution in [0.2, 0.25) is 5.02 Å². The number of fused-ring (bicyclic) bond motifs is 2. The van der Waals surface area contributed by atoms with Crippen molar-refractivity contribution in [1.82, 2.24) is 14.5 Å². The highest BCUT2D eigenvalue weighted by atomic mass is 35.5. The van der Waals surface area contributed by atoms with Crippen molar-refractivity contribution in [3.63, 3.8) is 0 Å². The molecule has 0 spiro atoms. The van der Waals surface area contributed by atoms with E-state index in [2.05, 4.69) is 15.3 Å². The Morgan fingerprint density at radius 3 is 2.57 bits per heavy atom. The first-order valence-electron chi connectivity index (χ1n) is 8.86. The van der Waals surface area contributed by atoms with Crippen LogP contribution < -0.4 is 14.8 Å². The van der Waals surface area contributed by atoms with Crippen LogP contribution in [-0.4, -0.2) is 21.3 Å². The number of aromatic nitrogens is 3. The zero-order valence-corrected chi connectivity index (χ0v) is 15.8. The van der Waals surface area contributed by atoms with Gasteiger partial charge < -0.3 is 19.4 Å². The van der Waals surface area contributed by atoms with E-state index in [9.17, 15) is 0 Å². The first-order valence-corrected chi connectivity index (χ1v) is 9.24. The minimum absolute atomic E-state index is 0.194. The molecule has 1 N–H and O–H groups in total. The minimum atomic E-state index is -0.194. The van der Waals surface area contributed by atoms with E-state index < -0.39 is 0 Å². The summed E-state index contributed by atoms with van der Waals surface area (Å²) >= 11 is 6.09. The molecule has 0 radical (unpaired) electrons. The van der Waals surface area contributed by atoms with Gasteiger partial charge >= 0.3 is 0 Å². The quantitative estimate of drug-likeness (QED) is 0.552. The molecule has 1 aliphatic heterocycles. The zero-order valence-electron chi connectivity index (χ0n) is 15.1. The van der Waals surface area contributed by atoms with E-state index in [0.29, 0.717) is 5.02 Å². The van der Waals surface area contributed by atoms with Crippen LogP contribution >= 0.6 is 11.6 Å². The van der Waals surface area contributed by atoms with E-state index in [1.165, 1.54) is 0 Å². The van der Waals surface area contributed by atoms with Crippen molar-refractivity contribution in [2.24, 2.45) is 7.05 Å². The first kappa shape index (κ1) is 16.9. The fraction of sp³-hybridized carbons (Fsp3) is 0.143. The molecule has 0 bridgehead atoms. The molecule has 6 nitrogen and oxygen atoms in total. The number of anilines is 1. The molecule has 3 heterocycles. The molecule has 0 saturated carbocycles. The molecule has 5 rings (SSSR count). The summed E-state index contributed by atoms with van der Waals surface area (Å²) in [5.74, 6) is 3.10. The second kappa shape index (κ2) is 6.73. The van der Waals surface area contributed by atoms with Gasteiger partial charge in [-0.3, -0.25) is 0 Å². The molecule has 2 aromatic heterocycles. The smallest absolute Gasteiger partial charge is 0.231 e. The second-order valence-corrected chi connectivity index (χ2v) is 7.05. The standard InChI is InChI=1S/C21H17ClN4O2/c1-26-9-8-24-21(26)19(13-2-4-15(22)5-3-13)25-20-16-11-18-17(27-12-28-18)10-14(16)6-7-23-20/h2-11,19H,12H2,1H3,(H,23,25). The van der Waals surface area contributed by atoms with Crippen LogP contribution in [0.5, 0.6) is 11.5 Å². The van der Waals surface area contributed by atoms with Gasteiger partial charge in [-0.15, -0.1) is 0 Å². The average Bonchev–Trinajstić information content (AvgIpc) is 3.33. The molecule has 0 fully saturated rings. The van der Waals surface area contributed by atoms with Crippen molar-refractivity contribution in [2.75, 3.05) is 12.1 Å². The Balaban J connectivity index is 1.61. The van der Waals surface area contributed by atoms with Crippen molar-refractivity contribution < 1.29 is 9.47 Å². The Bertz CT molecular complexity index is 1160. The van der Waals surface area contributed by atoms with Gasteiger partial charge in [-0.05, 0) is 41.3 Å². The van der Waals surface area contributed by atoms with Gasteiger partial charge in [0.15, 0.2) is 11.5 Å². The molecular formula is C21H17ClN4O2. The lowest BCUT2D eigenvalue weighted by atomic mass is 10.1. The number of hydrogen-bond acceptors (Lipinski definition) is 5. The third kappa shape index (κ3) is 2.92. The zero-order chi connectivity index (χ0) is 19.1. The third-order valence-electron chi connectivity index (χ3n) is 4.86. The Kier molecular flexibility index (Phi) is 4.06. The van der Waals surface area contributed by atoms with Crippen LogP contribution in [0.15, 0.2) is 61.1 Å². The molecule has 1 unspecified atom stereocenters. The predicted octanol–water partition coefficient (Wildman–Crippen LogP) is 4.55. The van der Waals surface area contributed by atoms with Crippen molar-refractivity contribution >= 4 is 28.2 Å². The lowest BCUT2D eigenvalue weighted by Gasteiger charge is -2.21. The molecule has 7 heteroatoms. The molecule has 2 aromatic carbocycles. The summed E-state index contributed by atoms with van der Waals surface area (Å²) in [6.45, 7) is 0.239. The first-order chi connectivity index (χ1) is 13.7. The summed E-state index contributed by atoms with van der Waals surface area (Å²) in [4.78, 5) is 9.13. The Labute approximate surface area is 166 Å². The van der Waals surface area contributed by atoms with Gasteiger partial charge in [-0.25, -0.2) is 9.97 Å². The molecule has 1 atom stereocenters. The summed E-state index contributed by atoms with van der Waals surface area (Å²) in [6.07, 6.45) is 5.49. The molecule has 1 aliphatic rings. The summed E-state index contributed by atoms with van der Waals surface area (Å²) in [7, 11) is 1.97. The number of halogens is 1. The lowest BCUT2D eigenvalue weighted by molar-refractivity contribution is 0.174. The molecule has 4 aromatic rings. The van der Waals surface area contributed by atoms with E-state index in [1.807, 2.05) is 60.3 Å². The lowest BCUT2D eigenvalue weighted by Crippen LogP contribution is -2.17. The number of hydrogen-bond donors (Lipinski definition) is 1. The average molecular weight is 393 g/mol. The van der Waals surface area contributed by atoms with Crippen molar-refractivity contribution in [3.05, 3.63) is 77.5 Å². The van der Waals surface area contributed by atoms with Gasteiger partial charge in [0.1, 0.15) is 17.7 Å². The SMILES string of the molecule is Cn1ccnc1C(Nc1nccc2cc3c(cc12)OCO3)c1ccc(Cl)cc1. The number of benzene rings is 2. The summed E-state index contributed by atoms with van der Waals surface area (Å²) in [6, 6.07) is 13.4. The van der Waals surface area contributed by atoms with E-state index in [-0.39, 0.29) is 12.8 Å². The van der Waals surface area contributed by atoms with Crippen molar-refractivity contribution in [1.29, 1.82) is 0 Å². The van der Waals surface area contributed by atoms with Gasteiger partial charge in [0, 0.05) is 36.0 Å². The Hall–Kier alpha value is -3.25. The van der Waals surface area contributed by atoms with Crippen LogP contribution in [0, 0.1) is 0 Å². The third-order valence-corrected chi connectivity index (χ3v) is 5.11.